The highest BCUT2D eigenvalue weighted by atomic mass is 35.5. The lowest BCUT2D eigenvalue weighted by Gasteiger charge is -2.07. The third-order valence-electron chi connectivity index (χ3n) is 2.50. The molecule has 0 aliphatic rings. The molecule has 2 aromatic rings. The van der Waals surface area contributed by atoms with Crippen LogP contribution < -0.4 is 5.56 Å². The quantitative estimate of drug-likeness (QED) is 0.749. The number of fused-ring (bicyclic) bond motifs is 1. The Bertz CT molecular complexity index is 575. The molecule has 0 saturated carbocycles. The highest BCUT2D eigenvalue weighted by Crippen LogP contribution is 2.06. The summed E-state index contributed by atoms with van der Waals surface area (Å²) in [5.41, 5.74) is 2.21. The minimum atomic E-state index is -0.0587. The molecular formula is C12H13ClN2O. The second kappa shape index (κ2) is 4.26. The first-order valence-electron chi connectivity index (χ1n) is 5.20. The van der Waals surface area contributed by atoms with E-state index in [1.165, 1.54) is 0 Å². The zero-order valence-corrected chi connectivity index (χ0v) is 10.0. The van der Waals surface area contributed by atoms with Gasteiger partial charge in [-0.15, -0.1) is 11.6 Å². The third kappa shape index (κ3) is 1.95. The molecule has 0 amide bonds. The summed E-state index contributed by atoms with van der Waals surface area (Å²) in [6.07, 6.45) is 2.17. The van der Waals surface area contributed by atoms with Gasteiger partial charge < -0.3 is 0 Å². The Hall–Kier alpha value is -1.35. The van der Waals surface area contributed by atoms with Gasteiger partial charge in [0.2, 0.25) is 0 Å². The first kappa shape index (κ1) is 11.1. The first-order valence-corrected chi connectivity index (χ1v) is 5.63. The molecule has 84 valence electrons. The maximum Gasteiger partial charge on any atom is 0.261 e. The number of alkyl halides is 1. The van der Waals surface area contributed by atoms with E-state index in [0.717, 1.165) is 5.69 Å². The standard InChI is InChI=1S/C12H13ClN2O/c1-8(13)6-10-7-14-11-5-3-4-9(2)15(11)12(10)16/h3-5,7-8H,6H2,1-2H3. The van der Waals surface area contributed by atoms with Crippen molar-refractivity contribution >= 4 is 17.2 Å². The number of rotatable bonds is 2. The van der Waals surface area contributed by atoms with E-state index < -0.39 is 0 Å². The Morgan fingerprint density at radius 2 is 2.25 bits per heavy atom. The van der Waals surface area contributed by atoms with E-state index >= 15 is 0 Å². The SMILES string of the molecule is Cc1cccc2ncc(CC(C)Cl)c(=O)n12. The van der Waals surface area contributed by atoms with Crippen LogP contribution in [0.15, 0.2) is 29.2 Å². The number of nitrogens with zero attached hydrogens (tertiary/aromatic N) is 2. The fourth-order valence-electron chi connectivity index (χ4n) is 1.75. The van der Waals surface area contributed by atoms with Gasteiger partial charge in [-0.3, -0.25) is 9.20 Å². The minimum Gasteiger partial charge on any atom is -0.269 e. The number of aryl methyl sites for hydroxylation is 1. The molecule has 1 unspecified atom stereocenters. The van der Waals surface area contributed by atoms with E-state index in [1.807, 2.05) is 32.0 Å². The lowest BCUT2D eigenvalue weighted by Crippen LogP contribution is -2.22. The molecule has 0 N–H and O–H groups in total. The van der Waals surface area contributed by atoms with E-state index in [2.05, 4.69) is 4.98 Å². The van der Waals surface area contributed by atoms with Crippen LogP contribution in [0, 0.1) is 6.92 Å². The molecule has 0 aliphatic carbocycles. The van der Waals surface area contributed by atoms with Gasteiger partial charge in [-0.1, -0.05) is 6.07 Å². The van der Waals surface area contributed by atoms with Crippen molar-refractivity contribution in [2.75, 3.05) is 0 Å². The largest absolute Gasteiger partial charge is 0.269 e. The number of pyridine rings is 1. The van der Waals surface area contributed by atoms with Gasteiger partial charge in [0.15, 0.2) is 0 Å². The normalized spacial score (nSPS) is 12.9. The van der Waals surface area contributed by atoms with Crippen molar-refractivity contribution in [2.24, 2.45) is 0 Å². The van der Waals surface area contributed by atoms with Crippen LogP contribution in [-0.2, 0) is 6.42 Å². The molecule has 2 rings (SSSR count). The van der Waals surface area contributed by atoms with Gasteiger partial charge in [-0.05, 0) is 32.4 Å². The molecule has 16 heavy (non-hydrogen) atoms. The minimum absolute atomic E-state index is 0.0180. The van der Waals surface area contributed by atoms with Crippen LogP contribution in [0.1, 0.15) is 18.2 Å². The summed E-state index contributed by atoms with van der Waals surface area (Å²) >= 11 is 5.90. The topological polar surface area (TPSA) is 34.4 Å². The van der Waals surface area contributed by atoms with Gasteiger partial charge in [-0.25, -0.2) is 4.98 Å². The van der Waals surface area contributed by atoms with E-state index in [1.54, 1.807) is 10.6 Å². The van der Waals surface area contributed by atoms with Crippen molar-refractivity contribution in [2.45, 2.75) is 25.6 Å². The predicted molar refractivity (Wildman–Crippen MR) is 65.2 cm³/mol. The number of hydrogen-bond acceptors (Lipinski definition) is 2. The van der Waals surface area contributed by atoms with Gasteiger partial charge in [-0.2, -0.15) is 0 Å². The molecule has 0 fully saturated rings. The van der Waals surface area contributed by atoms with Gasteiger partial charge in [0, 0.05) is 22.8 Å². The summed E-state index contributed by atoms with van der Waals surface area (Å²) in [7, 11) is 0. The smallest absolute Gasteiger partial charge is 0.261 e. The number of hydrogen-bond donors (Lipinski definition) is 0. The van der Waals surface area contributed by atoms with E-state index in [9.17, 15) is 4.79 Å². The van der Waals surface area contributed by atoms with Gasteiger partial charge in [0.1, 0.15) is 5.65 Å². The van der Waals surface area contributed by atoms with Crippen LogP contribution in [0.5, 0.6) is 0 Å². The molecule has 0 aromatic carbocycles. The summed E-state index contributed by atoms with van der Waals surface area (Å²) < 4.78 is 1.62. The van der Waals surface area contributed by atoms with Crippen molar-refractivity contribution in [1.29, 1.82) is 0 Å². The number of halogens is 1. The van der Waals surface area contributed by atoms with E-state index in [0.29, 0.717) is 17.6 Å². The molecule has 0 saturated heterocycles. The molecular weight excluding hydrogens is 224 g/mol. The van der Waals surface area contributed by atoms with Crippen LogP contribution in [0.2, 0.25) is 0 Å². The zero-order chi connectivity index (χ0) is 11.7. The lowest BCUT2D eigenvalue weighted by molar-refractivity contribution is 0.871. The third-order valence-corrected chi connectivity index (χ3v) is 2.65. The average molecular weight is 237 g/mol. The van der Waals surface area contributed by atoms with Crippen molar-refractivity contribution in [3.05, 3.63) is 46.0 Å². The fourth-order valence-corrected chi connectivity index (χ4v) is 1.92. The van der Waals surface area contributed by atoms with Crippen LogP contribution in [0.25, 0.3) is 5.65 Å². The van der Waals surface area contributed by atoms with E-state index in [-0.39, 0.29) is 10.9 Å². The van der Waals surface area contributed by atoms with E-state index in [4.69, 9.17) is 11.6 Å². The summed E-state index contributed by atoms with van der Waals surface area (Å²) in [6, 6.07) is 5.60. The molecule has 1 atom stereocenters. The lowest BCUT2D eigenvalue weighted by atomic mass is 10.2. The Morgan fingerprint density at radius 1 is 1.50 bits per heavy atom. The second-order valence-corrected chi connectivity index (χ2v) is 4.68. The molecule has 0 bridgehead atoms. The Kier molecular flexibility index (Phi) is 2.97. The zero-order valence-electron chi connectivity index (χ0n) is 9.27. The maximum absolute atomic E-state index is 12.1. The molecule has 2 aromatic heterocycles. The second-order valence-electron chi connectivity index (χ2n) is 3.93. The van der Waals surface area contributed by atoms with Crippen LogP contribution >= 0.6 is 11.6 Å². The molecule has 4 heteroatoms. The predicted octanol–water partition coefficient (Wildman–Crippen LogP) is 2.17. The highest BCUT2D eigenvalue weighted by molar-refractivity contribution is 6.20. The van der Waals surface area contributed by atoms with Crippen molar-refractivity contribution in [1.82, 2.24) is 9.38 Å². The van der Waals surface area contributed by atoms with Crippen LogP contribution in [0.3, 0.4) is 0 Å². The fraction of sp³-hybridized carbons (Fsp3) is 0.333. The summed E-state index contributed by atoms with van der Waals surface area (Å²) in [5.74, 6) is 0. The van der Waals surface area contributed by atoms with Gasteiger partial charge in [0.25, 0.3) is 5.56 Å². The number of aromatic nitrogens is 2. The van der Waals surface area contributed by atoms with Crippen molar-refractivity contribution in [3.63, 3.8) is 0 Å². The Labute approximate surface area is 98.7 Å². The molecule has 0 spiro atoms. The highest BCUT2D eigenvalue weighted by Gasteiger charge is 2.08. The maximum atomic E-state index is 12.1. The summed E-state index contributed by atoms with van der Waals surface area (Å²) in [6.45, 7) is 3.76. The van der Waals surface area contributed by atoms with Gasteiger partial charge in [0.05, 0.1) is 0 Å². The molecule has 0 aliphatic heterocycles. The van der Waals surface area contributed by atoms with Crippen molar-refractivity contribution in [3.8, 4) is 0 Å². The Balaban J connectivity index is 2.69. The Morgan fingerprint density at radius 3 is 2.94 bits per heavy atom. The average Bonchev–Trinajstić information content (AvgIpc) is 2.22. The molecule has 2 heterocycles. The van der Waals surface area contributed by atoms with Crippen LogP contribution in [-0.4, -0.2) is 14.8 Å². The van der Waals surface area contributed by atoms with Crippen LogP contribution in [0.4, 0.5) is 0 Å². The summed E-state index contributed by atoms with van der Waals surface area (Å²) in [4.78, 5) is 16.4. The first-order chi connectivity index (χ1) is 7.59. The monoisotopic (exact) mass is 236 g/mol. The van der Waals surface area contributed by atoms with Crippen molar-refractivity contribution < 1.29 is 0 Å². The molecule has 3 nitrogen and oxygen atoms in total. The van der Waals surface area contributed by atoms with Gasteiger partial charge >= 0.3 is 0 Å². The molecule has 0 radical (unpaired) electrons. The summed E-state index contributed by atoms with van der Waals surface area (Å²) in [5, 5.41) is -0.0587.